The highest BCUT2D eigenvalue weighted by Crippen LogP contribution is 2.12. The zero-order valence-electron chi connectivity index (χ0n) is 11.8. The van der Waals surface area contributed by atoms with Crippen molar-refractivity contribution >= 4 is 35.7 Å². The van der Waals surface area contributed by atoms with Gasteiger partial charge in [-0.3, -0.25) is 9.59 Å². The van der Waals surface area contributed by atoms with Crippen molar-refractivity contribution in [1.29, 1.82) is 0 Å². The number of nitrogens with zero attached hydrogens (tertiary/aromatic N) is 1. The van der Waals surface area contributed by atoms with E-state index in [9.17, 15) is 9.59 Å². The fraction of sp³-hybridized carbons (Fsp3) is 0.467. The maximum atomic E-state index is 12.1. The SMILES string of the molecule is Cl.O=C(CCC(=O)N1CCCNCC1)c1ccc(Cl)cc1. The van der Waals surface area contributed by atoms with Gasteiger partial charge in [-0.15, -0.1) is 12.4 Å². The van der Waals surface area contributed by atoms with Crippen LogP contribution in [-0.4, -0.2) is 42.8 Å². The number of ketones is 1. The van der Waals surface area contributed by atoms with Crippen molar-refractivity contribution in [3.8, 4) is 0 Å². The van der Waals surface area contributed by atoms with Crippen LogP contribution in [0.3, 0.4) is 0 Å². The van der Waals surface area contributed by atoms with E-state index in [1.54, 1.807) is 24.3 Å². The van der Waals surface area contributed by atoms with E-state index < -0.39 is 0 Å². The fourth-order valence-corrected chi connectivity index (χ4v) is 2.38. The minimum Gasteiger partial charge on any atom is -0.341 e. The van der Waals surface area contributed by atoms with Gasteiger partial charge in [0.05, 0.1) is 0 Å². The van der Waals surface area contributed by atoms with Crippen LogP contribution in [0.1, 0.15) is 29.6 Å². The van der Waals surface area contributed by atoms with Crippen LogP contribution in [0, 0.1) is 0 Å². The first-order valence-corrected chi connectivity index (χ1v) is 7.32. The van der Waals surface area contributed by atoms with Crippen LogP contribution in [0.5, 0.6) is 0 Å². The molecule has 0 unspecified atom stereocenters. The van der Waals surface area contributed by atoms with Crippen molar-refractivity contribution in [3.63, 3.8) is 0 Å². The first-order chi connectivity index (χ1) is 9.66. The normalized spacial score (nSPS) is 15.0. The van der Waals surface area contributed by atoms with Gasteiger partial charge in [-0.05, 0) is 37.2 Å². The average molecular weight is 331 g/mol. The molecule has 116 valence electrons. The lowest BCUT2D eigenvalue weighted by molar-refractivity contribution is -0.130. The molecule has 1 aliphatic heterocycles. The smallest absolute Gasteiger partial charge is 0.223 e. The Labute approximate surface area is 136 Å². The van der Waals surface area contributed by atoms with E-state index in [1.165, 1.54) is 0 Å². The molecule has 1 amide bonds. The lowest BCUT2D eigenvalue weighted by atomic mass is 10.1. The summed E-state index contributed by atoms with van der Waals surface area (Å²) in [6.07, 6.45) is 1.50. The molecule has 4 nitrogen and oxygen atoms in total. The van der Waals surface area contributed by atoms with Crippen molar-refractivity contribution in [2.75, 3.05) is 26.2 Å². The number of carbonyl (C=O) groups excluding carboxylic acids is 2. The van der Waals surface area contributed by atoms with Crippen molar-refractivity contribution in [2.45, 2.75) is 19.3 Å². The fourth-order valence-electron chi connectivity index (χ4n) is 2.25. The van der Waals surface area contributed by atoms with Crippen LogP contribution in [-0.2, 0) is 4.79 Å². The summed E-state index contributed by atoms with van der Waals surface area (Å²) in [6.45, 7) is 3.29. The monoisotopic (exact) mass is 330 g/mol. The van der Waals surface area contributed by atoms with Gasteiger partial charge in [0.1, 0.15) is 0 Å². The van der Waals surface area contributed by atoms with Crippen LogP contribution in [0.15, 0.2) is 24.3 Å². The summed E-state index contributed by atoms with van der Waals surface area (Å²) < 4.78 is 0. The highest BCUT2D eigenvalue weighted by molar-refractivity contribution is 6.30. The minimum atomic E-state index is -0.0111. The molecule has 1 aromatic rings. The van der Waals surface area contributed by atoms with E-state index in [4.69, 9.17) is 11.6 Å². The van der Waals surface area contributed by atoms with Gasteiger partial charge >= 0.3 is 0 Å². The Hall–Kier alpha value is -1.10. The summed E-state index contributed by atoms with van der Waals surface area (Å²) in [5.41, 5.74) is 0.611. The van der Waals surface area contributed by atoms with Crippen LogP contribution in [0.25, 0.3) is 0 Å². The molecular formula is C15H20Cl2N2O2. The van der Waals surface area contributed by atoms with Crippen molar-refractivity contribution in [3.05, 3.63) is 34.9 Å². The van der Waals surface area contributed by atoms with Crippen LogP contribution in [0.2, 0.25) is 5.02 Å². The summed E-state index contributed by atoms with van der Waals surface area (Å²) in [5, 5.41) is 3.86. The number of halogens is 2. The van der Waals surface area contributed by atoms with Gasteiger partial charge < -0.3 is 10.2 Å². The van der Waals surface area contributed by atoms with Gasteiger partial charge in [0.25, 0.3) is 0 Å². The first kappa shape index (κ1) is 18.0. The average Bonchev–Trinajstić information content (AvgIpc) is 2.74. The number of amides is 1. The maximum Gasteiger partial charge on any atom is 0.223 e. The highest BCUT2D eigenvalue weighted by Gasteiger charge is 2.16. The summed E-state index contributed by atoms with van der Waals surface area (Å²) >= 11 is 5.78. The van der Waals surface area contributed by atoms with E-state index in [0.29, 0.717) is 10.6 Å². The number of nitrogens with one attached hydrogen (secondary N) is 1. The Bertz CT molecular complexity index is 469. The van der Waals surface area contributed by atoms with Crippen LogP contribution in [0.4, 0.5) is 0 Å². The Morgan fingerprint density at radius 2 is 1.81 bits per heavy atom. The molecule has 1 saturated heterocycles. The van der Waals surface area contributed by atoms with Gasteiger partial charge in [0.15, 0.2) is 5.78 Å². The quantitative estimate of drug-likeness (QED) is 0.863. The largest absolute Gasteiger partial charge is 0.341 e. The Kier molecular flexibility index (Phi) is 7.72. The molecule has 0 aliphatic carbocycles. The molecule has 0 bridgehead atoms. The molecular weight excluding hydrogens is 311 g/mol. The molecule has 1 heterocycles. The van der Waals surface area contributed by atoms with Gasteiger partial charge in [0.2, 0.25) is 5.91 Å². The standard InChI is InChI=1S/C15H19ClN2O2.ClH/c16-13-4-2-12(3-5-13)14(19)6-7-15(20)18-10-1-8-17-9-11-18;/h2-5,17H,1,6-11H2;1H. The van der Waals surface area contributed by atoms with Crippen molar-refractivity contribution < 1.29 is 9.59 Å². The summed E-state index contributed by atoms with van der Waals surface area (Å²) in [4.78, 5) is 25.9. The topological polar surface area (TPSA) is 49.4 Å². The number of hydrogen-bond acceptors (Lipinski definition) is 3. The third-order valence-corrected chi connectivity index (χ3v) is 3.68. The van der Waals surface area contributed by atoms with E-state index >= 15 is 0 Å². The highest BCUT2D eigenvalue weighted by atomic mass is 35.5. The predicted molar refractivity (Wildman–Crippen MR) is 86.3 cm³/mol. The molecule has 0 saturated carbocycles. The zero-order chi connectivity index (χ0) is 14.4. The number of benzene rings is 1. The molecule has 1 N–H and O–H groups in total. The molecule has 6 heteroatoms. The molecule has 21 heavy (non-hydrogen) atoms. The van der Waals surface area contributed by atoms with E-state index in [0.717, 1.165) is 32.6 Å². The van der Waals surface area contributed by atoms with E-state index in [2.05, 4.69) is 5.32 Å². The second-order valence-electron chi connectivity index (χ2n) is 4.91. The number of carbonyl (C=O) groups is 2. The zero-order valence-corrected chi connectivity index (χ0v) is 13.4. The molecule has 2 rings (SSSR count). The molecule has 1 fully saturated rings. The molecule has 0 atom stereocenters. The Balaban J connectivity index is 0.00000220. The third kappa shape index (κ3) is 5.65. The van der Waals surface area contributed by atoms with Crippen molar-refractivity contribution in [1.82, 2.24) is 10.2 Å². The summed E-state index contributed by atoms with van der Waals surface area (Å²) in [7, 11) is 0. The van der Waals surface area contributed by atoms with E-state index in [1.807, 2.05) is 4.90 Å². The molecule has 0 aromatic heterocycles. The molecule has 0 radical (unpaired) electrons. The molecule has 0 spiro atoms. The second-order valence-corrected chi connectivity index (χ2v) is 5.35. The van der Waals surface area contributed by atoms with Crippen LogP contribution < -0.4 is 5.32 Å². The Morgan fingerprint density at radius 3 is 2.52 bits per heavy atom. The third-order valence-electron chi connectivity index (χ3n) is 3.42. The number of rotatable bonds is 4. The molecule has 1 aromatic carbocycles. The summed E-state index contributed by atoms with van der Waals surface area (Å²) in [6, 6.07) is 6.78. The van der Waals surface area contributed by atoms with Crippen LogP contribution >= 0.6 is 24.0 Å². The first-order valence-electron chi connectivity index (χ1n) is 6.94. The minimum absolute atomic E-state index is 0. The van der Waals surface area contributed by atoms with E-state index in [-0.39, 0.29) is 36.9 Å². The van der Waals surface area contributed by atoms with Gasteiger partial charge in [-0.2, -0.15) is 0 Å². The maximum absolute atomic E-state index is 12.1. The molecule has 1 aliphatic rings. The Morgan fingerprint density at radius 1 is 1.10 bits per heavy atom. The number of hydrogen-bond donors (Lipinski definition) is 1. The van der Waals surface area contributed by atoms with Gasteiger partial charge in [-0.25, -0.2) is 0 Å². The van der Waals surface area contributed by atoms with Gasteiger partial charge in [0, 0.05) is 43.1 Å². The second kappa shape index (κ2) is 9.03. The predicted octanol–water partition coefficient (Wildman–Crippen LogP) is 2.55. The van der Waals surface area contributed by atoms with Crippen molar-refractivity contribution in [2.24, 2.45) is 0 Å². The van der Waals surface area contributed by atoms with Gasteiger partial charge in [-0.1, -0.05) is 11.6 Å². The lowest BCUT2D eigenvalue weighted by Gasteiger charge is -2.19. The summed E-state index contributed by atoms with van der Waals surface area (Å²) in [5.74, 6) is 0.0546. The lowest BCUT2D eigenvalue weighted by Crippen LogP contribution is -2.34. The number of Topliss-reactive ketones (excluding diaryl/α,β-unsaturated/α-hetero) is 1.